The molecule has 0 saturated heterocycles. The smallest absolute Gasteiger partial charge is 0.268 e. The summed E-state index contributed by atoms with van der Waals surface area (Å²) in [5.41, 5.74) is 0.756. The first-order chi connectivity index (χ1) is 7.18. The zero-order valence-corrected chi connectivity index (χ0v) is 8.94. The fraction of sp³-hybridized carbons (Fsp3) is 0.273. The monoisotopic (exact) mass is 226 g/mol. The van der Waals surface area contributed by atoms with Gasteiger partial charge in [0.1, 0.15) is 12.4 Å². The molecular formula is C11H11ClO3. The molecule has 80 valence electrons. The highest BCUT2D eigenvalue weighted by molar-refractivity contribution is 6.31. The average molecular weight is 227 g/mol. The molecule has 1 N–H and O–H groups in total. The summed E-state index contributed by atoms with van der Waals surface area (Å²) < 4.78 is 10.7. The lowest BCUT2D eigenvalue weighted by Gasteiger charge is -2.14. The topological polar surface area (TPSA) is 38.7 Å². The standard InChI is InChI=1S/C11H11ClO3/c1-7(13)10-6-14-11(15-10)8-4-2-3-5-9(8)12/h2-7,11,13H,1H3. The van der Waals surface area contributed by atoms with Crippen molar-refractivity contribution in [3.63, 3.8) is 0 Å². The second-order valence-corrected chi connectivity index (χ2v) is 3.71. The fourth-order valence-electron chi connectivity index (χ4n) is 1.31. The van der Waals surface area contributed by atoms with Gasteiger partial charge in [-0.05, 0) is 13.0 Å². The number of halogens is 1. The van der Waals surface area contributed by atoms with Crippen LogP contribution in [0.1, 0.15) is 18.8 Å². The zero-order chi connectivity index (χ0) is 10.8. The Morgan fingerprint density at radius 2 is 2.13 bits per heavy atom. The van der Waals surface area contributed by atoms with Crippen molar-refractivity contribution in [2.75, 3.05) is 0 Å². The summed E-state index contributed by atoms with van der Waals surface area (Å²) in [5.74, 6) is 0.417. The van der Waals surface area contributed by atoms with E-state index in [0.29, 0.717) is 10.8 Å². The molecule has 15 heavy (non-hydrogen) atoms. The Bertz CT molecular complexity index is 387. The molecule has 4 heteroatoms. The van der Waals surface area contributed by atoms with Crippen molar-refractivity contribution in [2.24, 2.45) is 0 Å². The number of hydrogen-bond donors (Lipinski definition) is 1. The van der Waals surface area contributed by atoms with E-state index in [-0.39, 0.29) is 0 Å². The van der Waals surface area contributed by atoms with Gasteiger partial charge in [0.2, 0.25) is 0 Å². The summed E-state index contributed by atoms with van der Waals surface area (Å²) in [4.78, 5) is 0. The van der Waals surface area contributed by atoms with Crippen molar-refractivity contribution in [2.45, 2.75) is 19.3 Å². The van der Waals surface area contributed by atoms with Gasteiger partial charge in [-0.1, -0.05) is 29.8 Å². The molecule has 2 atom stereocenters. The van der Waals surface area contributed by atoms with Gasteiger partial charge >= 0.3 is 0 Å². The number of rotatable bonds is 2. The molecule has 0 saturated carbocycles. The van der Waals surface area contributed by atoms with Crippen LogP contribution >= 0.6 is 11.6 Å². The van der Waals surface area contributed by atoms with Gasteiger partial charge in [0.15, 0.2) is 5.76 Å². The molecular weight excluding hydrogens is 216 g/mol. The van der Waals surface area contributed by atoms with Gasteiger partial charge in [0.25, 0.3) is 6.29 Å². The number of aliphatic hydroxyl groups is 1. The quantitative estimate of drug-likeness (QED) is 0.843. The minimum absolute atomic E-state index is 0.417. The summed E-state index contributed by atoms with van der Waals surface area (Å²) >= 11 is 5.99. The second kappa shape index (κ2) is 4.13. The van der Waals surface area contributed by atoms with Gasteiger partial charge in [0, 0.05) is 0 Å². The van der Waals surface area contributed by atoms with E-state index in [2.05, 4.69) is 0 Å². The van der Waals surface area contributed by atoms with Crippen molar-refractivity contribution in [1.29, 1.82) is 0 Å². The molecule has 1 aromatic rings. The van der Waals surface area contributed by atoms with E-state index in [9.17, 15) is 5.11 Å². The van der Waals surface area contributed by atoms with Crippen LogP contribution in [0.2, 0.25) is 5.02 Å². The maximum Gasteiger partial charge on any atom is 0.268 e. The van der Waals surface area contributed by atoms with Gasteiger partial charge < -0.3 is 14.6 Å². The summed E-state index contributed by atoms with van der Waals surface area (Å²) in [6.45, 7) is 1.62. The average Bonchev–Trinajstić information content (AvgIpc) is 2.67. The van der Waals surface area contributed by atoms with Gasteiger partial charge in [-0.25, -0.2) is 0 Å². The first-order valence-corrected chi connectivity index (χ1v) is 5.01. The summed E-state index contributed by atoms with van der Waals surface area (Å²) in [7, 11) is 0. The number of aliphatic hydroxyl groups excluding tert-OH is 1. The maximum absolute atomic E-state index is 9.28. The van der Waals surface area contributed by atoms with Crippen molar-refractivity contribution >= 4 is 11.6 Å². The summed E-state index contributed by atoms with van der Waals surface area (Å²) in [6, 6.07) is 7.29. The van der Waals surface area contributed by atoms with E-state index >= 15 is 0 Å². The Morgan fingerprint density at radius 3 is 2.73 bits per heavy atom. The number of hydrogen-bond acceptors (Lipinski definition) is 3. The predicted molar refractivity (Wildman–Crippen MR) is 56.1 cm³/mol. The zero-order valence-electron chi connectivity index (χ0n) is 8.18. The molecule has 1 aliphatic rings. The van der Waals surface area contributed by atoms with E-state index in [1.807, 2.05) is 18.2 Å². The molecule has 0 aromatic heterocycles. The predicted octanol–water partition coefficient (Wildman–Crippen LogP) is 2.61. The van der Waals surface area contributed by atoms with Gasteiger partial charge in [-0.15, -0.1) is 0 Å². The largest absolute Gasteiger partial charge is 0.455 e. The molecule has 0 bridgehead atoms. The van der Waals surface area contributed by atoms with Crippen molar-refractivity contribution < 1.29 is 14.6 Å². The Kier molecular flexibility index (Phi) is 2.84. The minimum Gasteiger partial charge on any atom is -0.455 e. The third-order valence-electron chi connectivity index (χ3n) is 2.12. The lowest BCUT2D eigenvalue weighted by molar-refractivity contribution is -0.0460. The summed E-state index contributed by atoms with van der Waals surface area (Å²) in [5, 5.41) is 9.87. The maximum atomic E-state index is 9.28. The first-order valence-electron chi connectivity index (χ1n) is 4.63. The lowest BCUT2D eigenvalue weighted by Crippen LogP contribution is -2.07. The van der Waals surface area contributed by atoms with E-state index in [1.165, 1.54) is 6.26 Å². The molecule has 1 aromatic carbocycles. The Balaban J connectivity index is 2.14. The Labute approximate surface area is 92.9 Å². The van der Waals surface area contributed by atoms with Crippen LogP contribution in [0.5, 0.6) is 0 Å². The van der Waals surface area contributed by atoms with Crippen molar-refractivity contribution in [3.8, 4) is 0 Å². The molecule has 3 nitrogen and oxygen atoms in total. The van der Waals surface area contributed by atoms with E-state index in [4.69, 9.17) is 21.1 Å². The van der Waals surface area contributed by atoms with Gasteiger partial charge in [0.05, 0.1) is 10.6 Å². The van der Waals surface area contributed by atoms with Crippen LogP contribution in [0.3, 0.4) is 0 Å². The van der Waals surface area contributed by atoms with Crippen LogP contribution in [0.15, 0.2) is 36.3 Å². The van der Waals surface area contributed by atoms with Crippen LogP contribution < -0.4 is 0 Å². The third kappa shape index (κ3) is 2.08. The van der Waals surface area contributed by atoms with Crippen LogP contribution in [0, 0.1) is 0 Å². The van der Waals surface area contributed by atoms with Crippen molar-refractivity contribution in [3.05, 3.63) is 46.9 Å². The fourth-order valence-corrected chi connectivity index (χ4v) is 1.53. The molecule has 1 heterocycles. The van der Waals surface area contributed by atoms with E-state index in [1.54, 1.807) is 13.0 Å². The van der Waals surface area contributed by atoms with Gasteiger partial charge in [-0.2, -0.15) is 0 Å². The van der Waals surface area contributed by atoms with Gasteiger partial charge in [-0.3, -0.25) is 0 Å². The normalized spacial score (nSPS) is 21.5. The molecule has 2 unspecified atom stereocenters. The highest BCUT2D eigenvalue weighted by Crippen LogP contribution is 2.33. The molecule has 1 aliphatic heterocycles. The van der Waals surface area contributed by atoms with E-state index < -0.39 is 12.4 Å². The minimum atomic E-state index is -0.669. The number of benzene rings is 1. The summed E-state index contributed by atoms with van der Waals surface area (Å²) in [6.07, 6.45) is 0.194. The van der Waals surface area contributed by atoms with Crippen LogP contribution in [0.25, 0.3) is 0 Å². The van der Waals surface area contributed by atoms with Crippen LogP contribution in [-0.2, 0) is 9.47 Å². The highest BCUT2D eigenvalue weighted by atomic mass is 35.5. The molecule has 0 amide bonds. The first kappa shape index (κ1) is 10.3. The van der Waals surface area contributed by atoms with Crippen LogP contribution in [-0.4, -0.2) is 11.2 Å². The van der Waals surface area contributed by atoms with Crippen LogP contribution in [0.4, 0.5) is 0 Å². The third-order valence-corrected chi connectivity index (χ3v) is 2.47. The number of ether oxygens (including phenoxy) is 2. The van der Waals surface area contributed by atoms with Crippen molar-refractivity contribution in [1.82, 2.24) is 0 Å². The Morgan fingerprint density at radius 1 is 1.40 bits per heavy atom. The molecule has 0 aliphatic carbocycles. The van der Waals surface area contributed by atoms with E-state index in [0.717, 1.165) is 5.56 Å². The molecule has 2 rings (SSSR count). The highest BCUT2D eigenvalue weighted by Gasteiger charge is 2.25. The SMILES string of the molecule is CC(O)C1=COC(c2ccccc2Cl)O1. The lowest BCUT2D eigenvalue weighted by atomic mass is 10.2. The molecule has 0 spiro atoms. The Hall–Kier alpha value is -1.19. The molecule has 0 fully saturated rings. The second-order valence-electron chi connectivity index (χ2n) is 3.30. The molecule has 0 radical (unpaired) electrons.